The van der Waals surface area contributed by atoms with E-state index in [0.29, 0.717) is 6.10 Å². The summed E-state index contributed by atoms with van der Waals surface area (Å²) in [5.74, 6) is 0. The Morgan fingerprint density at radius 3 is 2.05 bits per heavy atom. The van der Waals surface area contributed by atoms with Crippen LogP contribution in [0.1, 0.15) is 24.8 Å². The quantitative estimate of drug-likeness (QED) is 0.510. The van der Waals surface area contributed by atoms with Gasteiger partial charge in [0.25, 0.3) is 0 Å². The van der Waals surface area contributed by atoms with E-state index in [-0.39, 0.29) is 0 Å². The van der Waals surface area contributed by atoms with E-state index in [1.165, 1.54) is 30.9 Å². The van der Waals surface area contributed by atoms with E-state index in [9.17, 15) is 0 Å². The van der Waals surface area contributed by atoms with E-state index in [1.54, 1.807) is 0 Å². The van der Waals surface area contributed by atoms with Gasteiger partial charge in [-0.1, -0.05) is 62.4 Å². The third-order valence-electron chi connectivity index (χ3n) is 3.57. The largest absolute Gasteiger partial charge is 0.415 e. The SMILES string of the molecule is C[Si](C)(C)CCCC(CCc1ccccc1)O[Si](C)(C)C. The van der Waals surface area contributed by atoms with Crippen LogP contribution in [0.2, 0.25) is 45.3 Å². The fourth-order valence-corrected chi connectivity index (χ4v) is 5.10. The van der Waals surface area contributed by atoms with E-state index in [4.69, 9.17) is 4.43 Å². The van der Waals surface area contributed by atoms with Crippen molar-refractivity contribution in [3.63, 3.8) is 0 Å². The fraction of sp³-hybridized carbons (Fsp3) is 0.667. The van der Waals surface area contributed by atoms with Gasteiger partial charge >= 0.3 is 0 Å². The summed E-state index contributed by atoms with van der Waals surface area (Å²) < 4.78 is 6.43. The Labute approximate surface area is 134 Å². The molecule has 0 saturated heterocycles. The Bertz CT molecular complexity index is 390. The Kier molecular flexibility index (Phi) is 7.38. The highest BCUT2D eigenvalue weighted by Crippen LogP contribution is 2.21. The molecule has 0 spiro atoms. The molecule has 1 atom stereocenters. The predicted octanol–water partition coefficient (Wildman–Crippen LogP) is 5.96. The van der Waals surface area contributed by atoms with Crippen LogP contribution in [0.4, 0.5) is 0 Å². The topological polar surface area (TPSA) is 9.23 Å². The molecular weight excluding hydrogens is 288 g/mol. The van der Waals surface area contributed by atoms with E-state index in [2.05, 4.69) is 69.6 Å². The van der Waals surface area contributed by atoms with Crippen molar-refractivity contribution in [2.45, 2.75) is 77.1 Å². The van der Waals surface area contributed by atoms with Gasteiger partial charge in [-0.2, -0.15) is 0 Å². The predicted molar refractivity (Wildman–Crippen MR) is 100 cm³/mol. The Balaban J connectivity index is 2.48. The molecule has 0 bridgehead atoms. The van der Waals surface area contributed by atoms with Crippen molar-refractivity contribution in [3.8, 4) is 0 Å². The molecule has 21 heavy (non-hydrogen) atoms. The van der Waals surface area contributed by atoms with Gasteiger partial charge < -0.3 is 4.43 Å². The van der Waals surface area contributed by atoms with Gasteiger partial charge in [0.1, 0.15) is 0 Å². The number of rotatable bonds is 9. The minimum atomic E-state index is -1.44. The van der Waals surface area contributed by atoms with Crippen LogP contribution in [-0.2, 0) is 10.8 Å². The molecule has 0 aliphatic rings. The fourth-order valence-electron chi connectivity index (χ4n) is 2.59. The summed E-state index contributed by atoms with van der Waals surface area (Å²) in [6.07, 6.45) is 5.33. The molecule has 0 radical (unpaired) electrons. The van der Waals surface area contributed by atoms with Crippen molar-refractivity contribution in [1.29, 1.82) is 0 Å². The highest BCUT2D eigenvalue weighted by Gasteiger charge is 2.22. The molecule has 0 saturated carbocycles. The summed E-state index contributed by atoms with van der Waals surface area (Å²) in [6.45, 7) is 14.3. The lowest BCUT2D eigenvalue weighted by atomic mass is 10.0. The van der Waals surface area contributed by atoms with Crippen LogP contribution < -0.4 is 0 Å². The molecule has 1 unspecified atom stereocenters. The molecule has 1 rings (SSSR count). The second-order valence-corrected chi connectivity index (χ2v) is 18.4. The zero-order valence-corrected chi connectivity index (χ0v) is 16.9. The molecule has 1 aromatic rings. The first-order valence-electron chi connectivity index (χ1n) is 8.37. The van der Waals surface area contributed by atoms with Gasteiger partial charge in [-0.3, -0.25) is 0 Å². The van der Waals surface area contributed by atoms with E-state index in [0.717, 1.165) is 6.42 Å². The Morgan fingerprint density at radius 2 is 1.52 bits per heavy atom. The van der Waals surface area contributed by atoms with Crippen molar-refractivity contribution in [2.24, 2.45) is 0 Å². The standard InChI is InChI=1S/C18H34OSi2/c1-20(2,3)16-10-13-18(19-21(4,5)6)15-14-17-11-8-7-9-12-17/h7-9,11-12,18H,10,13-16H2,1-6H3. The maximum absolute atomic E-state index is 6.43. The van der Waals surface area contributed by atoms with E-state index >= 15 is 0 Å². The van der Waals surface area contributed by atoms with Crippen LogP contribution in [0, 0.1) is 0 Å². The molecule has 0 fully saturated rings. The van der Waals surface area contributed by atoms with Crippen molar-refractivity contribution in [1.82, 2.24) is 0 Å². The summed E-state index contributed by atoms with van der Waals surface area (Å²) in [6, 6.07) is 12.2. The van der Waals surface area contributed by atoms with Crippen molar-refractivity contribution in [2.75, 3.05) is 0 Å². The van der Waals surface area contributed by atoms with Gasteiger partial charge in [0.2, 0.25) is 0 Å². The van der Waals surface area contributed by atoms with Gasteiger partial charge in [-0.05, 0) is 44.5 Å². The molecule has 0 N–H and O–H groups in total. The maximum atomic E-state index is 6.43. The second kappa shape index (κ2) is 8.30. The first-order valence-corrected chi connectivity index (χ1v) is 15.5. The summed E-state index contributed by atoms with van der Waals surface area (Å²) in [5, 5.41) is 0. The van der Waals surface area contributed by atoms with E-state index in [1.807, 2.05) is 0 Å². The highest BCUT2D eigenvalue weighted by molar-refractivity contribution is 6.76. The van der Waals surface area contributed by atoms with Gasteiger partial charge in [0.05, 0.1) is 0 Å². The minimum Gasteiger partial charge on any atom is -0.415 e. The summed E-state index contributed by atoms with van der Waals surface area (Å²) in [5.41, 5.74) is 1.44. The molecule has 1 nitrogen and oxygen atoms in total. The van der Waals surface area contributed by atoms with Gasteiger partial charge in [-0.25, -0.2) is 0 Å². The smallest absolute Gasteiger partial charge is 0.184 e. The second-order valence-electron chi connectivity index (χ2n) is 8.33. The molecule has 0 heterocycles. The lowest BCUT2D eigenvalue weighted by molar-refractivity contribution is 0.172. The monoisotopic (exact) mass is 322 g/mol. The molecular formula is C18H34OSi2. The minimum absolute atomic E-state index is 0.452. The molecule has 120 valence electrons. The molecule has 3 heteroatoms. The van der Waals surface area contributed by atoms with Crippen LogP contribution in [0.3, 0.4) is 0 Å². The van der Waals surface area contributed by atoms with Crippen molar-refractivity contribution >= 4 is 16.4 Å². The van der Waals surface area contributed by atoms with Crippen molar-refractivity contribution < 1.29 is 4.43 Å². The zero-order valence-electron chi connectivity index (χ0n) is 14.9. The van der Waals surface area contributed by atoms with Gasteiger partial charge in [-0.15, -0.1) is 0 Å². The summed E-state index contributed by atoms with van der Waals surface area (Å²) in [4.78, 5) is 0. The lowest BCUT2D eigenvalue weighted by Gasteiger charge is -2.27. The lowest BCUT2D eigenvalue weighted by Crippen LogP contribution is -2.32. The number of benzene rings is 1. The summed E-state index contributed by atoms with van der Waals surface area (Å²) >= 11 is 0. The van der Waals surface area contributed by atoms with Crippen LogP contribution in [-0.4, -0.2) is 22.5 Å². The summed E-state index contributed by atoms with van der Waals surface area (Å²) in [7, 11) is -2.36. The Morgan fingerprint density at radius 1 is 0.905 bits per heavy atom. The molecule has 0 aromatic heterocycles. The molecule has 0 amide bonds. The number of hydrogen-bond acceptors (Lipinski definition) is 1. The van der Waals surface area contributed by atoms with Crippen LogP contribution in [0.25, 0.3) is 0 Å². The average Bonchev–Trinajstić information content (AvgIpc) is 2.34. The average molecular weight is 323 g/mol. The van der Waals surface area contributed by atoms with Crippen LogP contribution in [0.15, 0.2) is 30.3 Å². The number of aryl methyl sites for hydroxylation is 1. The van der Waals surface area contributed by atoms with Crippen LogP contribution in [0.5, 0.6) is 0 Å². The highest BCUT2D eigenvalue weighted by atomic mass is 28.4. The third-order valence-corrected chi connectivity index (χ3v) is 6.46. The zero-order chi connectivity index (χ0) is 15.9. The van der Waals surface area contributed by atoms with Crippen LogP contribution >= 0.6 is 0 Å². The first kappa shape index (κ1) is 18.7. The molecule has 1 aromatic carbocycles. The maximum Gasteiger partial charge on any atom is 0.184 e. The van der Waals surface area contributed by atoms with Crippen molar-refractivity contribution in [3.05, 3.63) is 35.9 Å². The third kappa shape index (κ3) is 10.0. The van der Waals surface area contributed by atoms with Gasteiger partial charge in [0.15, 0.2) is 8.32 Å². The number of hydrogen-bond donors (Lipinski definition) is 0. The van der Waals surface area contributed by atoms with Gasteiger partial charge in [0, 0.05) is 14.2 Å². The molecule has 0 aliphatic heterocycles. The van der Waals surface area contributed by atoms with E-state index < -0.39 is 16.4 Å². The molecule has 0 aliphatic carbocycles. The normalized spacial score (nSPS) is 14.2. The Hall–Kier alpha value is -0.386. The first-order chi connectivity index (χ1) is 9.66.